The molecule has 1 N–H and O–H groups in total. The van der Waals surface area contributed by atoms with Crippen LogP contribution in [0.4, 0.5) is 0 Å². The fourth-order valence-corrected chi connectivity index (χ4v) is 3.70. The Hall–Kier alpha value is -2.49. The van der Waals surface area contributed by atoms with Crippen LogP contribution in [-0.4, -0.2) is 17.6 Å². The van der Waals surface area contributed by atoms with E-state index < -0.39 is 6.10 Å². The largest absolute Gasteiger partial charge is 0.487 e. The van der Waals surface area contributed by atoms with Gasteiger partial charge < -0.3 is 14.8 Å². The minimum Gasteiger partial charge on any atom is -0.487 e. The molecule has 0 fully saturated rings. The number of carbonyl (C=O) groups is 1. The van der Waals surface area contributed by atoms with Crippen molar-refractivity contribution in [1.82, 2.24) is 5.32 Å². The van der Waals surface area contributed by atoms with Gasteiger partial charge in [-0.1, -0.05) is 49.7 Å². The molecule has 150 valence electrons. The number of hydrogen-bond donors (Lipinski definition) is 1. The highest BCUT2D eigenvalue weighted by Gasteiger charge is 2.35. The fourth-order valence-electron chi connectivity index (χ4n) is 3.70. The maximum atomic E-state index is 12.9. The quantitative estimate of drug-likeness (QED) is 0.764. The second kappa shape index (κ2) is 7.86. The van der Waals surface area contributed by atoms with E-state index >= 15 is 0 Å². The summed E-state index contributed by atoms with van der Waals surface area (Å²) in [5.74, 6) is 1.82. The smallest absolute Gasteiger partial charge is 0.261 e. The van der Waals surface area contributed by atoms with Crippen LogP contribution in [0.1, 0.15) is 69.7 Å². The second-order valence-corrected chi connectivity index (χ2v) is 8.62. The topological polar surface area (TPSA) is 47.6 Å². The molecule has 1 heterocycles. The fraction of sp³-hybridized carbons (Fsp3) is 0.458. The van der Waals surface area contributed by atoms with Crippen molar-refractivity contribution in [2.75, 3.05) is 0 Å². The van der Waals surface area contributed by atoms with Crippen LogP contribution in [0, 0.1) is 6.92 Å². The van der Waals surface area contributed by atoms with Crippen molar-refractivity contribution in [2.45, 2.75) is 71.6 Å². The monoisotopic (exact) mass is 381 g/mol. The van der Waals surface area contributed by atoms with Crippen molar-refractivity contribution in [3.05, 3.63) is 59.2 Å². The van der Waals surface area contributed by atoms with Gasteiger partial charge in [0.2, 0.25) is 0 Å². The van der Waals surface area contributed by atoms with Crippen LogP contribution in [0.2, 0.25) is 0 Å². The molecule has 2 aromatic carbocycles. The van der Waals surface area contributed by atoms with Gasteiger partial charge >= 0.3 is 0 Å². The van der Waals surface area contributed by atoms with Crippen LogP contribution >= 0.6 is 0 Å². The number of ether oxygens (including phenoxy) is 2. The molecule has 28 heavy (non-hydrogen) atoms. The normalized spacial score (nSPS) is 18.8. The number of nitrogens with one attached hydrogen (secondary N) is 1. The number of carbonyl (C=O) groups excluding carboxylic acids is 1. The van der Waals surface area contributed by atoms with Crippen molar-refractivity contribution < 1.29 is 14.3 Å². The van der Waals surface area contributed by atoms with Gasteiger partial charge in [0, 0.05) is 12.0 Å². The number of benzene rings is 2. The highest BCUT2D eigenvalue weighted by atomic mass is 16.5. The maximum Gasteiger partial charge on any atom is 0.261 e. The molecule has 0 aromatic heterocycles. The van der Waals surface area contributed by atoms with E-state index in [1.165, 1.54) is 0 Å². The Kier molecular flexibility index (Phi) is 5.69. The van der Waals surface area contributed by atoms with Gasteiger partial charge in [-0.25, -0.2) is 0 Å². The van der Waals surface area contributed by atoms with Gasteiger partial charge in [0.25, 0.3) is 5.91 Å². The number of rotatable bonds is 5. The van der Waals surface area contributed by atoms with Crippen molar-refractivity contribution in [3.63, 3.8) is 0 Å². The number of amides is 1. The molecule has 0 saturated heterocycles. The lowest BCUT2D eigenvalue weighted by Crippen LogP contribution is -2.44. The molecule has 2 aromatic rings. The lowest BCUT2D eigenvalue weighted by molar-refractivity contribution is -0.128. The molecule has 0 unspecified atom stereocenters. The van der Waals surface area contributed by atoms with Gasteiger partial charge in [-0.2, -0.15) is 0 Å². The summed E-state index contributed by atoms with van der Waals surface area (Å²) in [6.45, 7) is 12.2. The molecule has 1 amide bonds. The predicted octanol–water partition coefficient (Wildman–Crippen LogP) is 5.30. The molecule has 0 bridgehead atoms. The first kappa shape index (κ1) is 20.2. The molecule has 4 nitrogen and oxygen atoms in total. The van der Waals surface area contributed by atoms with Crippen LogP contribution in [0.5, 0.6) is 11.5 Å². The zero-order valence-corrected chi connectivity index (χ0v) is 17.7. The highest BCUT2D eigenvalue weighted by molar-refractivity contribution is 5.81. The Balaban J connectivity index is 1.77. The summed E-state index contributed by atoms with van der Waals surface area (Å²) >= 11 is 0. The molecule has 3 rings (SSSR count). The van der Waals surface area contributed by atoms with Crippen LogP contribution in [0.25, 0.3) is 0 Å². The van der Waals surface area contributed by atoms with Crippen molar-refractivity contribution >= 4 is 5.91 Å². The van der Waals surface area contributed by atoms with E-state index in [2.05, 4.69) is 25.2 Å². The third-order valence-corrected chi connectivity index (χ3v) is 5.15. The number of fused-ring (bicyclic) bond motifs is 1. The number of para-hydroxylation sites is 1. The number of aryl methyl sites for hydroxylation is 1. The predicted molar refractivity (Wildman–Crippen MR) is 112 cm³/mol. The summed E-state index contributed by atoms with van der Waals surface area (Å²) < 4.78 is 12.1. The van der Waals surface area contributed by atoms with Gasteiger partial charge in [-0.3, -0.25) is 4.79 Å². The van der Waals surface area contributed by atoms with Crippen LogP contribution in [-0.2, 0) is 4.79 Å². The van der Waals surface area contributed by atoms with Gasteiger partial charge in [-0.05, 0) is 51.3 Å². The summed E-state index contributed by atoms with van der Waals surface area (Å²) in [5.41, 5.74) is 2.95. The zero-order valence-electron chi connectivity index (χ0n) is 17.7. The molecule has 4 heteroatoms. The third-order valence-electron chi connectivity index (χ3n) is 5.15. The molecule has 0 spiro atoms. The Morgan fingerprint density at radius 3 is 2.61 bits per heavy atom. The molecular formula is C24H31NO3. The Morgan fingerprint density at radius 1 is 1.18 bits per heavy atom. The van der Waals surface area contributed by atoms with E-state index in [4.69, 9.17) is 9.47 Å². The van der Waals surface area contributed by atoms with Gasteiger partial charge in [0.15, 0.2) is 6.10 Å². The van der Waals surface area contributed by atoms with Crippen molar-refractivity contribution in [1.29, 1.82) is 0 Å². The average molecular weight is 382 g/mol. The summed E-state index contributed by atoms with van der Waals surface area (Å²) in [5, 5.41) is 3.18. The minimum atomic E-state index is -0.584. The Morgan fingerprint density at radius 2 is 1.89 bits per heavy atom. The average Bonchev–Trinajstić information content (AvgIpc) is 2.62. The lowest BCUT2D eigenvalue weighted by atomic mass is 9.89. The highest BCUT2D eigenvalue weighted by Crippen LogP contribution is 2.40. The first-order valence-electron chi connectivity index (χ1n) is 10.0. The zero-order chi connectivity index (χ0) is 20.5. The summed E-state index contributed by atoms with van der Waals surface area (Å²) in [7, 11) is 0. The molecule has 2 atom stereocenters. The Bertz CT molecular complexity index is 857. The SMILES string of the molecule is Cc1ccc2c(c1)[C@H](NC(=O)[C@@H](C)Oc1ccccc1C(C)C)CC(C)(C)O2. The Labute approximate surface area is 168 Å². The van der Waals surface area contributed by atoms with E-state index in [1.54, 1.807) is 6.92 Å². The van der Waals surface area contributed by atoms with Gasteiger partial charge in [0.1, 0.15) is 17.1 Å². The van der Waals surface area contributed by atoms with Crippen molar-refractivity contribution in [3.8, 4) is 11.5 Å². The van der Waals surface area contributed by atoms with Gasteiger partial charge in [-0.15, -0.1) is 0 Å². The van der Waals surface area contributed by atoms with Crippen LogP contribution in [0.3, 0.4) is 0 Å². The van der Waals surface area contributed by atoms with E-state index in [0.717, 1.165) is 28.2 Å². The van der Waals surface area contributed by atoms with E-state index in [1.807, 2.05) is 57.2 Å². The minimum absolute atomic E-state index is 0.0995. The lowest BCUT2D eigenvalue weighted by Gasteiger charge is -2.38. The summed E-state index contributed by atoms with van der Waals surface area (Å²) in [6, 6.07) is 13.9. The summed E-state index contributed by atoms with van der Waals surface area (Å²) in [6.07, 6.45) is 0.129. The van der Waals surface area contributed by atoms with E-state index in [-0.39, 0.29) is 17.6 Å². The molecule has 0 saturated carbocycles. The third kappa shape index (κ3) is 4.49. The first-order valence-corrected chi connectivity index (χ1v) is 10.0. The van der Waals surface area contributed by atoms with Crippen LogP contribution < -0.4 is 14.8 Å². The standard InChI is InChI=1S/C24H31NO3/c1-15(2)18-9-7-8-10-21(18)27-17(4)23(26)25-20-14-24(5,6)28-22-12-11-16(3)13-19(20)22/h7-13,15,17,20H,14H2,1-6H3,(H,25,26)/t17-,20-/m1/s1. The number of hydrogen-bond acceptors (Lipinski definition) is 3. The van der Waals surface area contributed by atoms with Crippen LogP contribution in [0.15, 0.2) is 42.5 Å². The van der Waals surface area contributed by atoms with Crippen molar-refractivity contribution in [2.24, 2.45) is 0 Å². The molecule has 0 radical (unpaired) electrons. The summed E-state index contributed by atoms with van der Waals surface area (Å²) in [4.78, 5) is 12.9. The van der Waals surface area contributed by atoms with E-state index in [0.29, 0.717) is 12.3 Å². The molecule has 1 aliphatic heterocycles. The molecule has 0 aliphatic carbocycles. The molecular weight excluding hydrogens is 350 g/mol. The van der Waals surface area contributed by atoms with E-state index in [9.17, 15) is 4.79 Å². The second-order valence-electron chi connectivity index (χ2n) is 8.62. The first-order chi connectivity index (χ1) is 13.2. The molecule has 1 aliphatic rings. The maximum absolute atomic E-state index is 12.9. The van der Waals surface area contributed by atoms with Gasteiger partial charge in [0.05, 0.1) is 6.04 Å².